The fraction of sp³-hybridized carbons (Fsp3) is 0.553. The van der Waals surface area contributed by atoms with E-state index in [2.05, 4.69) is 12.1 Å². The molecule has 57 heavy (non-hydrogen) atoms. The third kappa shape index (κ3) is 13.4. The maximum Gasteiger partial charge on any atom is 3.00 e. The Morgan fingerprint density at radius 2 is 1.30 bits per heavy atom. The van der Waals surface area contributed by atoms with Crippen LogP contribution in [-0.4, -0.2) is 165 Å². The largest absolute Gasteiger partial charge is 3.00 e. The Bertz CT molecular complexity index is 1810. The monoisotopic (exact) mass is 962 g/mol. The van der Waals surface area contributed by atoms with Crippen molar-refractivity contribution < 1.29 is 103 Å². The molecule has 0 spiro atoms. The van der Waals surface area contributed by atoms with Crippen LogP contribution in [0.3, 0.4) is 0 Å². The number of carbonyl (C=O) groups excluding carboxylic acids is 2. The number of benzene rings is 2. The molecule has 0 amide bonds. The molecule has 1 radical (unpaired) electrons. The second kappa shape index (κ2) is 21.5. The second-order valence-electron chi connectivity index (χ2n) is 14.6. The van der Waals surface area contributed by atoms with Gasteiger partial charge in [-0.25, -0.2) is 4.57 Å². The van der Waals surface area contributed by atoms with E-state index >= 15 is 0 Å². The van der Waals surface area contributed by atoms with Gasteiger partial charge in [0.1, 0.15) is 23.9 Å². The summed E-state index contributed by atoms with van der Waals surface area (Å²) in [4.78, 5) is 77.1. The number of aliphatic hydroxyl groups excluding tert-OH is 1. The van der Waals surface area contributed by atoms with Crippen molar-refractivity contribution in [2.24, 2.45) is 0 Å². The third-order valence-corrected chi connectivity index (χ3v) is 11.2. The minimum absolute atomic E-state index is 0. The van der Waals surface area contributed by atoms with Gasteiger partial charge in [-0.05, 0) is 93.0 Å². The number of hydrogen-bond donors (Lipinski definition) is 5. The molecular formula is C38H53GdN4O13P+3. The predicted molar refractivity (Wildman–Crippen MR) is 204 cm³/mol. The quantitative estimate of drug-likeness (QED) is 0.0974. The number of phosphoric ester groups is 1. The summed E-state index contributed by atoms with van der Waals surface area (Å²) in [6, 6.07) is 5.52. The fourth-order valence-corrected chi connectivity index (χ4v) is 8.35. The molecule has 1 aliphatic carbocycles. The molecule has 2 aromatic rings. The Kier molecular flexibility index (Phi) is 18.3. The first kappa shape index (κ1) is 48.6. The van der Waals surface area contributed by atoms with Gasteiger partial charge in [0.15, 0.2) is 0 Å². The first-order valence-corrected chi connectivity index (χ1v) is 20.0. The molecule has 2 aromatic carbocycles. The number of phosphoric acid groups is 1. The van der Waals surface area contributed by atoms with Crippen LogP contribution in [0.5, 0.6) is 5.75 Å². The van der Waals surface area contributed by atoms with Crippen LogP contribution in [0.25, 0.3) is 11.1 Å². The number of nitrogens with zero attached hydrogens (tertiary/aromatic N) is 4. The van der Waals surface area contributed by atoms with Gasteiger partial charge in [0.2, 0.25) is 11.6 Å². The van der Waals surface area contributed by atoms with Crippen LogP contribution >= 0.6 is 7.82 Å². The van der Waals surface area contributed by atoms with Crippen LogP contribution in [0, 0.1) is 74.6 Å². The number of aliphatic carboxylic acids is 3. The van der Waals surface area contributed by atoms with E-state index in [1.165, 1.54) is 0 Å². The average Bonchev–Trinajstić information content (AvgIpc) is 3.09. The van der Waals surface area contributed by atoms with Crippen LogP contribution in [0.4, 0.5) is 0 Å². The molecule has 1 aliphatic heterocycles. The average molecular weight is 962 g/mol. The summed E-state index contributed by atoms with van der Waals surface area (Å²) in [5.41, 5.74) is 6.86. The van der Waals surface area contributed by atoms with E-state index < -0.39 is 68.6 Å². The molecule has 3 unspecified atom stereocenters. The molecule has 2 aliphatic rings. The molecule has 1 saturated carbocycles. The van der Waals surface area contributed by atoms with E-state index in [9.17, 15) is 53.9 Å². The first-order valence-electron chi connectivity index (χ1n) is 18.5. The number of ketones is 2. The van der Waals surface area contributed by atoms with Crippen LogP contribution in [-0.2, 0) is 33.1 Å². The Balaban J connectivity index is 0.00000870. The Morgan fingerprint density at radius 1 is 0.772 bits per heavy atom. The minimum atomic E-state index is -4.63. The summed E-state index contributed by atoms with van der Waals surface area (Å²) in [5, 5.41) is 39.6. The minimum Gasteiger partial charge on any atom is -0.480 e. The van der Waals surface area contributed by atoms with Crippen molar-refractivity contribution in [3.05, 3.63) is 52.1 Å². The van der Waals surface area contributed by atoms with Gasteiger partial charge in [0.25, 0.3) is 0 Å². The molecule has 17 nitrogen and oxygen atoms in total. The number of carboxylic acids is 3. The molecule has 1 saturated heterocycles. The molecule has 2 fully saturated rings. The standard InChI is InChI=1S/C38H53N4O13P.Gd/c1-23-17-26(4)33(27(5)18-23)28-19-25(3)30(20-24(28)2)55-56(52,53)54-16-6-7-29(38(50)51)41-12-8-39(21-31(43)44)10-14-42(34-35(47)37(49)36(34)48)15-11-40(9-13-41)22-32(45)46;/h17-20,29,34-35,47H,6-16,21-22H2,1-5H3,(H,43,44)(H,45,46)(H,50,51)(H,52,53);/q;+3/t29-,34?,35?;/m1./s1. The second-order valence-corrected chi connectivity index (χ2v) is 16.0. The van der Waals surface area contributed by atoms with Crippen molar-refractivity contribution >= 4 is 37.3 Å². The predicted octanol–water partition coefficient (Wildman–Crippen LogP) is 1.90. The molecule has 0 bridgehead atoms. The number of carbonyl (C=O) groups is 5. The number of Topliss-reactive ketones (excluding diaryl/α,β-unsaturated/α-hetero) is 2. The van der Waals surface area contributed by atoms with Crippen molar-refractivity contribution in [3.8, 4) is 16.9 Å². The van der Waals surface area contributed by atoms with E-state index in [1.807, 2.05) is 33.8 Å². The number of carboxylic acid groups (broad SMARTS) is 3. The molecule has 4 atom stereocenters. The summed E-state index contributed by atoms with van der Waals surface area (Å²) >= 11 is 0. The molecule has 4 rings (SSSR count). The normalized spacial score (nSPS) is 21.0. The molecule has 0 aromatic heterocycles. The number of hydrogen-bond acceptors (Lipinski definition) is 13. The summed E-state index contributed by atoms with van der Waals surface area (Å²) in [6.07, 6.45) is -1.53. The van der Waals surface area contributed by atoms with Gasteiger partial charge in [0, 0.05) is 52.4 Å². The maximum atomic E-state index is 13.1. The van der Waals surface area contributed by atoms with E-state index in [0.717, 1.165) is 33.4 Å². The van der Waals surface area contributed by atoms with Gasteiger partial charge in [-0.3, -0.25) is 53.0 Å². The Labute approximate surface area is 364 Å². The summed E-state index contributed by atoms with van der Waals surface area (Å²) in [7, 11) is -4.63. The van der Waals surface area contributed by atoms with Crippen LogP contribution < -0.4 is 4.52 Å². The Hall–Kier alpha value is -2.74. The Morgan fingerprint density at radius 3 is 1.79 bits per heavy atom. The number of aliphatic hydroxyl groups is 1. The number of rotatable bonds is 15. The van der Waals surface area contributed by atoms with Crippen molar-refractivity contribution in [2.75, 3.05) is 72.1 Å². The third-order valence-electron chi connectivity index (χ3n) is 10.3. The van der Waals surface area contributed by atoms with Crippen LogP contribution in [0.2, 0.25) is 0 Å². The van der Waals surface area contributed by atoms with E-state index in [0.29, 0.717) is 5.56 Å². The molecule has 5 N–H and O–H groups in total. The SMILES string of the molecule is Cc1cc(C)c(-c2cc(C)c(OP(=O)(O)OCCC[C@H](C(=O)O)N3CCN(CC(=O)O)CCN(C4C(=O)C(=O)C4O)CCN(CC(=O)O)CC3)cc2C)c(C)c1.[Gd+3]. The van der Waals surface area contributed by atoms with Crippen LogP contribution in [0.15, 0.2) is 24.3 Å². The van der Waals surface area contributed by atoms with Crippen LogP contribution in [0.1, 0.15) is 40.7 Å². The number of aryl methyl sites for hydroxylation is 5. The van der Waals surface area contributed by atoms with E-state index in [4.69, 9.17) is 9.05 Å². The summed E-state index contributed by atoms with van der Waals surface area (Å²) in [5.74, 6) is -5.00. The molecule has 313 valence electrons. The topological polar surface area (TPSA) is 235 Å². The zero-order valence-electron chi connectivity index (χ0n) is 32.8. The van der Waals surface area contributed by atoms with E-state index in [1.54, 1.807) is 32.6 Å². The molecule has 1 heterocycles. The first-order chi connectivity index (χ1) is 26.3. The maximum absolute atomic E-state index is 13.1. The van der Waals surface area contributed by atoms with Gasteiger partial charge in [-0.1, -0.05) is 17.7 Å². The smallest absolute Gasteiger partial charge is 0.480 e. The zero-order chi connectivity index (χ0) is 41.5. The summed E-state index contributed by atoms with van der Waals surface area (Å²) in [6.45, 7) is 9.25. The molecular weight excluding hydrogens is 909 g/mol. The van der Waals surface area contributed by atoms with Gasteiger partial charge < -0.3 is 24.9 Å². The van der Waals surface area contributed by atoms with Gasteiger partial charge in [0.05, 0.1) is 19.7 Å². The van der Waals surface area contributed by atoms with Crippen molar-refractivity contribution in [1.29, 1.82) is 0 Å². The fourth-order valence-electron chi connectivity index (χ4n) is 7.49. The van der Waals surface area contributed by atoms with E-state index in [-0.39, 0.29) is 117 Å². The van der Waals surface area contributed by atoms with Crippen molar-refractivity contribution in [2.45, 2.75) is 65.6 Å². The van der Waals surface area contributed by atoms with Gasteiger partial charge >= 0.3 is 65.7 Å². The van der Waals surface area contributed by atoms with Crippen molar-refractivity contribution in [1.82, 2.24) is 19.6 Å². The summed E-state index contributed by atoms with van der Waals surface area (Å²) < 4.78 is 23.8. The van der Waals surface area contributed by atoms with Crippen molar-refractivity contribution in [3.63, 3.8) is 0 Å². The van der Waals surface area contributed by atoms with Gasteiger partial charge in [-0.15, -0.1) is 0 Å². The zero-order valence-corrected chi connectivity index (χ0v) is 36.0. The van der Waals surface area contributed by atoms with Gasteiger partial charge in [-0.2, -0.15) is 0 Å². The molecule has 19 heteroatoms.